The molecule has 1 aromatic rings. The van der Waals surface area contributed by atoms with E-state index in [0.29, 0.717) is 24.3 Å². The quantitative estimate of drug-likeness (QED) is 0.859. The molecule has 1 unspecified atom stereocenters. The second kappa shape index (κ2) is 6.33. The maximum absolute atomic E-state index is 11.1. The van der Waals surface area contributed by atoms with E-state index in [4.69, 9.17) is 0 Å². The molecule has 1 atom stereocenters. The minimum absolute atomic E-state index is 0.0743. The highest BCUT2D eigenvalue weighted by Crippen LogP contribution is 2.21. The third kappa shape index (κ3) is 2.87. The first-order valence-corrected chi connectivity index (χ1v) is 7.01. The molecule has 6 heteroatoms. The van der Waals surface area contributed by atoms with Gasteiger partial charge in [-0.3, -0.25) is 4.79 Å². The molecular weight excluding hydrogens is 254 g/mol. The molecule has 0 aliphatic carbocycles. The van der Waals surface area contributed by atoms with Crippen molar-refractivity contribution in [3.63, 3.8) is 0 Å². The third-order valence-electron chi connectivity index (χ3n) is 3.56. The highest BCUT2D eigenvalue weighted by Gasteiger charge is 2.21. The Morgan fingerprint density at radius 1 is 1.40 bits per heavy atom. The summed E-state index contributed by atoms with van der Waals surface area (Å²) >= 11 is 0. The summed E-state index contributed by atoms with van der Waals surface area (Å²) in [6.07, 6.45) is 2.78. The molecule has 0 radical (unpaired) electrons. The van der Waals surface area contributed by atoms with E-state index >= 15 is 0 Å². The lowest BCUT2D eigenvalue weighted by Crippen LogP contribution is -2.42. The number of carbonyl (C=O) groups excluding carboxylic acids is 1. The lowest BCUT2D eigenvalue weighted by atomic mass is 10.0. The Kier molecular flexibility index (Phi) is 4.51. The van der Waals surface area contributed by atoms with E-state index in [1.54, 1.807) is 0 Å². The molecule has 1 fully saturated rings. The van der Waals surface area contributed by atoms with E-state index in [1.807, 2.05) is 13.8 Å². The Morgan fingerprint density at radius 2 is 2.20 bits per heavy atom. The fourth-order valence-electron chi connectivity index (χ4n) is 2.44. The van der Waals surface area contributed by atoms with Gasteiger partial charge in [0, 0.05) is 19.0 Å². The summed E-state index contributed by atoms with van der Waals surface area (Å²) < 4.78 is 0. The van der Waals surface area contributed by atoms with Crippen LogP contribution in [0.2, 0.25) is 0 Å². The molecule has 1 aliphatic rings. The zero-order chi connectivity index (χ0) is 14.5. The molecule has 0 aromatic carbocycles. The summed E-state index contributed by atoms with van der Waals surface area (Å²) in [6.45, 7) is 4.58. The molecule has 106 valence electrons. The van der Waals surface area contributed by atoms with Gasteiger partial charge in [-0.1, -0.05) is 13.8 Å². The van der Waals surface area contributed by atoms with Gasteiger partial charge in [-0.05, 0) is 24.8 Å². The number of nitrogens with one attached hydrogen (secondary N) is 2. The number of aromatic nitrogens is 2. The van der Waals surface area contributed by atoms with Crippen molar-refractivity contribution < 1.29 is 4.79 Å². The molecule has 1 aliphatic heterocycles. The number of amides is 1. The second-order valence-corrected chi connectivity index (χ2v) is 4.85. The number of piperidine rings is 1. The van der Waals surface area contributed by atoms with Crippen molar-refractivity contribution in [2.24, 2.45) is 0 Å². The molecule has 1 aromatic heterocycles. The smallest absolute Gasteiger partial charge is 0.220 e. The van der Waals surface area contributed by atoms with Gasteiger partial charge in [0.2, 0.25) is 5.91 Å². The number of nitriles is 1. The van der Waals surface area contributed by atoms with Crippen molar-refractivity contribution >= 4 is 11.7 Å². The summed E-state index contributed by atoms with van der Waals surface area (Å²) in [6, 6.07) is 2.34. The molecule has 0 spiro atoms. The summed E-state index contributed by atoms with van der Waals surface area (Å²) in [5, 5.41) is 23.8. The standard InChI is InChI=1S/C14H19N5O/c1-3-10-11(7-15)14(19-18-12(10)4-2)17-9-5-6-13(20)16-8-9/h9H,3-6,8H2,1-2H3,(H,16,20)(H,17,19). The van der Waals surface area contributed by atoms with Crippen LogP contribution >= 0.6 is 0 Å². The molecule has 2 N–H and O–H groups in total. The van der Waals surface area contributed by atoms with E-state index < -0.39 is 0 Å². The minimum atomic E-state index is 0.0743. The van der Waals surface area contributed by atoms with Gasteiger partial charge < -0.3 is 10.6 Å². The van der Waals surface area contributed by atoms with Gasteiger partial charge in [-0.2, -0.15) is 10.4 Å². The van der Waals surface area contributed by atoms with Crippen LogP contribution in [-0.4, -0.2) is 28.7 Å². The summed E-state index contributed by atoms with van der Waals surface area (Å²) in [4.78, 5) is 11.1. The molecule has 0 bridgehead atoms. The Bertz CT molecular complexity index is 539. The van der Waals surface area contributed by atoms with E-state index in [0.717, 1.165) is 30.5 Å². The van der Waals surface area contributed by atoms with E-state index in [1.165, 1.54) is 0 Å². The number of carbonyl (C=O) groups is 1. The maximum Gasteiger partial charge on any atom is 0.220 e. The van der Waals surface area contributed by atoms with E-state index in [2.05, 4.69) is 26.9 Å². The van der Waals surface area contributed by atoms with Gasteiger partial charge in [0.15, 0.2) is 5.82 Å². The summed E-state index contributed by atoms with van der Waals surface area (Å²) in [5.74, 6) is 0.605. The predicted octanol–water partition coefficient (Wildman–Crippen LogP) is 1.16. The highest BCUT2D eigenvalue weighted by molar-refractivity contribution is 5.77. The van der Waals surface area contributed by atoms with Crippen LogP contribution in [0.3, 0.4) is 0 Å². The van der Waals surface area contributed by atoms with Gasteiger partial charge in [-0.25, -0.2) is 0 Å². The van der Waals surface area contributed by atoms with Crippen molar-refractivity contribution in [2.75, 3.05) is 11.9 Å². The molecule has 2 rings (SSSR count). The summed E-state index contributed by atoms with van der Waals surface area (Å²) in [7, 11) is 0. The minimum Gasteiger partial charge on any atom is -0.363 e. The van der Waals surface area contributed by atoms with Crippen LogP contribution in [0.5, 0.6) is 0 Å². The van der Waals surface area contributed by atoms with Crippen LogP contribution in [0.4, 0.5) is 5.82 Å². The number of hydrogen-bond donors (Lipinski definition) is 2. The zero-order valence-electron chi connectivity index (χ0n) is 11.9. The molecule has 0 saturated carbocycles. The summed E-state index contributed by atoms with van der Waals surface area (Å²) in [5.41, 5.74) is 2.43. The fourth-order valence-corrected chi connectivity index (χ4v) is 2.44. The third-order valence-corrected chi connectivity index (χ3v) is 3.56. The van der Waals surface area contributed by atoms with Crippen LogP contribution in [0.25, 0.3) is 0 Å². The Hall–Kier alpha value is -2.16. The number of nitrogens with zero attached hydrogens (tertiary/aromatic N) is 3. The number of aryl methyl sites for hydroxylation is 1. The first-order chi connectivity index (χ1) is 9.69. The Labute approximate surface area is 118 Å². The first kappa shape index (κ1) is 14.3. The highest BCUT2D eigenvalue weighted by atomic mass is 16.1. The molecule has 1 saturated heterocycles. The van der Waals surface area contributed by atoms with Crippen LogP contribution in [0.1, 0.15) is 43.5 Å². The van der Waals surface area contributed by atoms with Crippen molar-refractivity contribution in [1.29, 1.82) is 5.26 Å². The van der Waals surface area contributed by atoms with Crippen molar-refractivity contribution in [1.82, 2.24) is 15.5 Å². The van der Waals surface area contributed by atoms with Crippen LogP contribution < -0.4 is 10.6 Å². The molecule has 2 heterocycles. The van der Waals surface area contributed by atoms with Crippen LogP contribution in [0.15, 0.2) is 0 Å². The van der Waals surface area contributed by atoms with Crippen molar-refractivity contribution in [3.05, 3.63) is 16.8 Å². The fraction of sp³-hybridized carbons (Fsp3) is 0.571. The van der Waals surface area contributed by atoms with Crippen molar-refractivity contribution in [3.8, 4) is 6.07 Å². The molecule has 1 amide bonds. The Balaban J connectivity index is 2.24. The molecular formula is C14H19N5O. The normalized spacial score (nSPS) is 18.2. The van der Waals surface area contributed by atoms with Gasteiger partial charge in [0.1, 0.15) is 11.6 Å². The van der Waals surface area contributed by atoms with Gasteiger partial charge >= 0.3 is 0 Å². The second-order valence-electron chi connectivity index (χ2n) is 4.85. The number of anilines is 1. The topological polar surface area (TPSA) is 90.7 Å². The SMILES string of the molecule is CCc1nnc(NC2CCC(=O)NC2)c(C#N)c1CC. The predicted molar refractivity (Wildman–Crippen MR) is 75.2 cm³/mol. The van der Waals surface area contributed by atoms with Crippen LogP contribution in [0, 0.1) is 11.3 Å². The first-order valence-electron chi connectivity index (χ1n) is 7.01. The van der Waals surface area contributed by atoms with Gasteiger partial charge in [-0.15, -0.1) is 5.10 Å². The zero-order valence-corrected chi connectivity index (χ0v) is 11.9. The average molecular weight is 273 g/mol. The van der Waals surface area contributed by atoms with E-state index in [9.17, 15) is 10.1 Å². The largest absolute Gasteiger partial charge is 0.363 e. The van der Waals surface area contributed by atoms with Gasteiger partial charge in [0.05, 0.1) is 5.69 Å². The molecule has 20 heavy (non-hydrogen) atoms. The maximum atomic E-state index is 11.1. The average Bonchev–Trinajstić information content (AvgIpc) is 2.48. The monoisotopic (exact) mass is 273 g/mol. The van der Waals surface area contributed by atoms with Gasteiger partial charge in [0.25, 0.3) is 0 Å². The number of hydrogen-bond acceptors (Lipinski definition) is 5. The van der Waals surface area contributed by atoms with Crippen molar-refractivity contribution in [2.45, 2.75) is 45.6 Å². The molecule has 6 nitrogen and oxygen atoms in total. The lowest BCUT2D eigenvalue weighted by molar-refractivity contribution is -0.122. The lowest BCUT2D eigenvalue weighted by Gasteiger charge is -2.24. The van der Waals surface area contributed by atoms with Crippen LogP contribution in [-0.2, 0) is 17.6 Å². The Morgan fingerprint density at radius 3 is 2.75 bits per heavy atom. The van der Waals surface area contributed by atoms with E-state index in [-0.39, 0.29) is 11.9 Å². The number of rotatable bonds is 4.